The fourth-order valence-corrected chi connectivity index (χ4v) is 3.54. The van der Waals surface area contributed by atoms with Crippen LogP contribution in [0.4, 0.5) is 10.1 Å². The van der Waals surface area contributed by atoms with Crippen molar-refractivity contribution >= 4 is 34.4 Å². The number of carbonyl (C=O) groups excluding carboxylic acids is 2. The van der Waals surface area contributed by atoms with Gasteiger partial charge in [0.25, 0.3) is 0 Å². The van der Waals surface area contributed by atoms with E-state index in [-0.39, 0.29) is 30.1 Å². The van der Waals surface area contributed by atoms with E-state index in [2.05, 4.69) is 15.6 Å². The number of halogens is 1. The molecule has 3 rings (SSSR count). The number of carbonyl (C=O) groups is 2. The highest BCUT2D eigenvalue weighted by Gasteiger charge is 2.32. The minimum Gasteiger partial charge on any atom is -0.326 e. The summed E-state index contributed by atoms with van der Waals surface area (Å²) in [6.45, 7) is 1.95. The molecule has 7 heteroatoms. The molecular weight excluding hydrogens is 353 g/mol. The van der Waals surface area contributed by atoms with Gasteiger partial charge in [-0.05, 0) is 36.8 Å². The summed E-state index contributed by atoms with van der Waals surface area (Å²) < 4.78 is 12.9. The van der Waals surface area contributed by atoms with E-state index in [1.54, 1.807) is 0 Å². The average Bonchev–Trinajstić information content (AvgIpc) is 2.96. The Balaban J connectivity index is 1.58. The lowest BCUT2D eigenvalue weighted by atomic mass is 10.1. The molecule has 0 radical (unpaired) electrons. The highest BCUT2D eigenvalue weighted by atomic mass is 32.2. The van der Waals surface area contributed by atoms with Crippen LogP contribution in [0.5, 0.6) is 0 Å². The molecule has 2 aromatic carbocycles. The van der Waals surface area contributed by atoms with E-state index in [9.17, 15) is 14.0 Å². The zero-order valence-electron chi connectivity index (χ0n) is 14.1. The van der Waals surface area contributed by atoms with Gasteiger partial charge in [0.2, 0.25) is 11.8 Å². The number of benzene rings is 2. The van der Waals surface area contributed by atoms with E-state index in [1.165, 1.54) is 36.0 Å². The number of nitrogens with one attached hydrogen (secondary N) is 2. The Kier molecular flexibility index (Phi) is 5.68. The van der Waals surface area contributed by atoms with Crippen LogP contribution in [0, 0.1) is 5.82 Å². The predicted molar refractivity (Wildman–Crippen MR) is 101 cm³/mol. The Bertz CT molecular complexity index is 824. The number of hydrogen-bond acceptors (Lipinski definition) is 4. The highest BCUT2D eigenvalue weighted by Crippen LogP contribution is 2.26. The van der Waals surface area contributed by atoms with E-state index in [0.29, 0.717) is 10.9 Å². The fraction of sp³-hybridized carbons (Fsp3) is 0.211. The first kappa shape index (κ1) is 18.1. The van der Waals surface area contributed by atoms with Crippen LogP contribution in [0.3, 0.4) is 0 Å². The van der Waals surface area contributed by atoms with Gasteiger partial charge in [-0.3, -0.25) is 14.6 Å². The average molecular weight is 371 g/mol. The van der Waals surface area contributed by atoms with Crippen molar-refractivity contribution in [3.05, 3.63) is 66.0 Å². The molecule has 0 aromatic heterocycles. The second-order valence-corrected chi connectivity index (χ2v) is 7.07. The SMILES string of the molecule is C[C@@H](N=C1NC(=O)[C@H](CC(=O)Nc2ccc(F)cc2)S1)c1ccccc1. The van der Waals surface area contributed by atoms with Crippen LogP contribution in [0.1, 0.15) is 24.9 Å². The summed E-state index contributed by atoms with van der Waals surface area (Å²) in [6, 6.07) is 15.2. The summed E-state index contributed by atoms with van der Waals surface area (Å²) in [5.74, 6) is -0.910. The Labute approximate surface area is 155 Å². The monoisotopic (exact) mass is 371 g/mol. The van der Waals surface area contributed by atoms with Crippen LogP contribution in [-0.2, 0) is 9.59 Å². The summed E-state index contributed by atoms with van der Waals surface area (Å²) in [6.07, 6.45) is 0.0205. The third-order valence-electron chi connectivity index (χ3n) is 3.87. The zero-order chi connectivity index (χ0) is 18.5. The molecule has 0 aliphatic carbocycles. The van der Waals surface area contributed by atoms with Crippen molar-refractivity contribution in [2.45, 2.75) is 24.6 Å². The standard InChI is InChI=1S/C19H18FN3O2S/c1-12(13-5-3-2-4-6-13)21-19-23-18(25)16(26-19)11-17(24)22-15-9-7-14(20)8-10-15/h2-10,12,16H,11H2,1H3,(H,22,24)(H,21,23,25)/t12-,16+/m1/s1. The molecule has 2 atom stereocenters. The molecule has 0 bridgehead atoms. The number of rotatable bonds is 5. The van der Waals surface area contributed by atoms with E-state index in [4.69, 9.17) is 0 Å². The van der Waals surface area contributed by atoms with E-state index in [0.717, 1.165) is 5.56 Å². The van der Waals surface area contributed by atoms with Gasteiger partial charge in [0.05, 0.1) is 6.04 Å². The van der Waals surface area contributed by atoms with Crippen molar-refractivity contribution in [1.82, 2.24) is 5.32 Å². The molecule has 0 saturated carbocycles. The molecule has 2 N–H and O–H groups in total. The first-order valence-electron chi connectivity index (χ1n) is 8.17. The summed E-state index contributed by atoms with van der Waals surface area (Å²) in [5, 5.41) is 5.37. The van der Waals surface area contributed by atoms with E-state index < -0.39 is 5.25 Å². The lowest BCUT2D eigenvalue weighted by molar-refractivity contribution is -0.122. The number of aliphatic imine (C=N–C) groups is 1. The van der Waals surface area contributed by atoms with E-state index >= 15 is 0 Å². The van der Waals surface area contributed by atoms with Crippen LogP contribution in [0.2, 0.25) is 0 Å². The molecular formula is C19H18FN3O2S. The molecule has 1 saturated heterocycles. The van der Waals surface area contributed by atoms with Gasteiger partial charge < -0.3 is 10.6 Å². The van der Waals surface area contributed by atoms with Crippen LogP contribution in [0.15, 0.2) is 59.6 Å². The van der Waals surface area contributed by atoms with Gasteiger partial charge in [0.1, 0.15) is 11.1 Å². The van der Waals surface area contributed by atoms with Crippen molar-refractivity contribution in [2.24, 2.45) is 4.99 Å². The quantitative estimate of drug-likeness (QED) is 0.845. The first-order valence-corrected chi connectivity index (χ1v) is 9.05. The number of nitrogens with zero attached hydrogens (tertiary/aromatic N) is 1. The van der Waals surface area contributed by atoms with Crippen molar-refractivity contribution in [3.63, 3.8) is 0 Å². The van der Waals surface area contributed by atoms with Crippen LogP contribution in [0.25, 0.3) is 0 Å². The van der Waals surface area contributed by atoms with Gasteiger partial charge in [-0.1, -0.05) is 42.1 Å². The van der Waals surface area contributed by atoms with Gasteiger partial charge in [0.15, 0.2) is 5.17 Å². The van der Waals surface area contributed by atoms with Gasteiger partial charge in [-0.2, -0.15) is 0 Å². The molecule has 134 valence electrons. The summed E-state index contributed by atoms with van der Waals surface area (Å²) in [4.78, 5) is 28.7. The fourth-order valence-electron chi connectivity index (χ4n) is 2.50. The molecule has 26 heavy (non-hydrogen) atoms. The second kappa shape index (κ2) is 8.14. The van der Waals surface area contributed by atoms with Crippen LogP contribution >= 0.6 is 11.8 Å². The zero-order valence-corrected chi connectivity index (χ0v) is 14.9. The van der Waals surface area contributed by atoms with Crippen LogP contribution < -0.4 is 10.6 Å². The van der Waals surface area contributed by atoms with Crippen molar-refractivity contribution in [2.75, 3.05) is 5.32 Å². The molecule has 1 aliphatic heterocycles. The number of hydrogen-bond donors (Lipinski definition) is 2. The smallest absolute Gasteiger partial charge is 0.240 e. The predicted octanol–water partition coefficient (Wildman–Crippen LogP) is 3.50. The lowest BCUT2D eigenvalue weighted by Crippen LogP contribution is -2.28. The Hall–Kier alpha value is -2.67. The molecule has 0 unspecified atom stereocenters. The van der Waals surface area contributed by atoms with E-state index in [1.807, 2.05) is 37.3 Å². The summed E-state index contributed by atoms with van der Waals surface area (Å²) in [5.41, 5.74) is 1.54. The first-order chi connectivity index (χ1) is 12.5. The van der Waals surface area contributed by atoms with Gasteiger partial charge >= 0.3 is 0 Å². The normalized spacial score (nSPS) is 19.2. The lowest BCUT2D eigenvalue weighted by Gasteiger charge is -2.08. The summed E-state index contributed by atoms with van der Waals surface area (Å²) in [7, 11) is 0. The number of thioether (sulfide) groups is 1. The number of amides is 2. The maximum Gasteiger partial charge on any atom is 0.240 e. The topological polar surface area (TPSA) is 70.6 Å². The largest absolute Gasteiger partial charge is 0.326 e. The molecule has 0 spiro atoms. The minimum atomic E-state index is -0.530. The van der Waals surface area contributed by atoms with Crippen molar-refractivity contribution < 1.29 is 14.0 Å². The molecule has 2 aromatic rings. The second-order valence-electron chi connectivity index (χ2n) is 5.88. The number of amidine groups is 1. The molecule has 1 fully saturated rings. The Morgan fingerprint density at radius 1 is 1.23 bits per heavy atom. The van der Waals surface area contributed by atoms with Gasteiger partial charge in [-0.25, -0.2) is 4.39 Å². The molecule has 1 aliphatic rings. The van der Waals surface area contributed by atoms with Gasteiger partial charge in [0, 0.05) is 12.1 Å². The summed E-state index contributed by atoms with van der Waals surface area (Å²) >= 11 is 1.25. The number of anilines is 1. The molecule has 1 heterocycles. The molecule has 2 amide bonds. The van der Waals surface area contributed by atoms with Gasteiger partial charge in [-0.15, -0.1) is 0 Å². The van der Waals surface area contributed by atoms with Crippen LogP contribution in [-0.4, -0.2) is 22.2 Å². The maximum absolute atomic E-state index is 12.9. The third-order valence-corrected chi connectivity index (χ3v) is 4.96. The Morgan fingerprint density at radius 3 is 2.62 bits per heavy atom. The highest BCUT2D eigenvalue weighted by molar-refractivity contribution is 8.15. The van der Waals surface area contributed by atoms with Crippen molar-refractivity contribution in [1.29, 1.82) is 0 Å². The molecule has 5 nitrogen and oxygen atoms in total. The maximum atomic E-state index is 12.9. The minimum absolute atomic E-state index is 0.0205. The van der Waals surface area contributed by atoms with Crippen molar-refractivity contribution in [3.8, 4) is 0 Å². The third kappa shape index (κ3) is 4.70. The Morgan fingerprint density at radius 2 is 1.92 bits per heavy atom.